The first kappa shape index (κ1) is 26.0. The zero-order chi connectivity index (χ0) is 19.9. The van der Waals surface area contributed by atoms with E-state index < -0.39 is 7.82 Å². The molecule has 7 nitrogen and oxygen atoms in total. The van der Waals surface area contributed by atoms with E-state index in [-0.39, 0.29) is 19.3 Å². The van der Waals surface area contributed by atoms with Crippen molar-refractivity contribution in [2.75, 3.05) is 60.7 Å². The SMILES string of the molecule is CCCCCOC[C@H](COP(=O)(O)OCC[N+](C)(C)C)OCCCCC. The lowest BCUT2D eigenvalue weighted by molar-refractivity contribution is -0.870. The van der Waals surface area contributed by atoms with Crippen molar-refractivity contribution in [3.8, 4) is 0 Å². The fraction of sp³-hybridized carbons (Fsp3) is 1.00. The molecule has 0 amide bonds. The van der Waals surface area contributed by atoms with E-state index in [0.29, 0.717) is 30.8 Å². The van der Waals surface area contributed by atoms with Gasteiger partial charge in [-0.15, -0.1) is 0 Å². The minimum atomic E-state index is -4.07. The maximum Gasteiger partial charge on any atom is 0.472 e. The Balaban J connectivity index is 4.23. The predicted molar refractivity (Wildman–Crippen MR) is 104 cm³/mol. The van der Waals surface area contributed by atoms with Gasteiger partial charge in [0.25, 0.3) is 0 Å². The highest BCUT2D eigenvalue weighted by atomic mass is 31.2. The Morgan fingerprint density at radius 2 is 1.50 bits per heavy atom. The summed E-state index contributed by atoms with van der Waals surface area (Å²) in [5.74, 6) is 0. The van der Waals surface area contributed by atoms with Crippen LogP contribution in [0.1, 0.15) is 52.4 Å². The monoisotopic (exact) mass is 398 g/mol. The van der Waals surface area contributed by atoms with Crippen LogP contribution >= 0.6 is 7.82 Å². The number of hydrogen-bond acceptors (Lipinski definition) is 5. The number of nitrogens with zero attached hydrogens (tertiary/aromatic N) is 1. The van der Waals surface area contributed by atoms with E-state index in [1.807, 2.05) is 21.1 Å². The first-order valence-electron chi connectivity index (χ1n) is 9.82. The Kier molecular flexibility index (Phi) is 15.0. The molecule has 1 unspecified atom stereocenters. The smallest absolute Gasteiger partial charge is 0.379 e. The molecule has 0 heterocycles. The summed E-state index contributed by atoms with van der Waals surface area (Å²) in [7, 11) is 1.89. The van der Waals surface area contributed by atoms with Crippen molar-refractivity contribution in [2.24, 2.45) is 0 Å². The normalized spacial score (nSPS) is 15.8. The zero-order valence-electron chi connectivity index (χ0n) is 17.4. The minimum absolute atomic E-state index is 0.0158. The van der Waals surface area contributed by atoms with Gasteiger partial charge in [-0.2, -0.15) is 0 Å². The number of ether oxygens (including phenoxy) is 2. The molecule has 26 heavy (non-hydrogen) atoms. The molecule has 0 spiro atoms. The molecule has 158 valence electrons. The van der Waals surface area contributed by atoms with E-state index in [2.05, 4.69) is 13.8 Å². The van der Waals surface area contributed by atoms with Crippen LogP contribution in [0.15, 0.2) is 0 Å². The molecule has 0 saturated carbocycles. The van der Waals surface area contributed by atoms with Gasteiger partial charge in [0.2, 0.25) is 0 Å². The van der Waals surface area contributed by atoms with Crippen molar-refractivity contribution >= 4 is 7.82 Å². The van der Waals surface area contributed by atoms with Gasteiger partial charge in [0.05, 0.1) is 34.4 Å². The molecule has 8 heteroatoms. The molecule has 0 aromatic carbocycles. The lowest BCUT2D eigenvalue weighted by Gasteiger charge is -2.24. The molecule has 0 aliphatic heterocycles. The van der Waals surface area contributed by atoms with Crippen molar-refractivity contribution in [1.29, 1.82) is 0 Å². The van der Waals surface area contributed by atoms with Crippen LogP contribution in [-0.2, 0) is 23.1 Å². The fourth-order valence-corrected chi connectivity index (χ4v) is 2.80. The molecule has 1 N–H and O–H groups in total. The van der Waals surface area contributed by atoms with Crippen LogP contribution in [0.4, 0.5) is 0 Å². The summed E-state index contributed by atoms with van der Waals surface area (Å²) in [6.07, 6.45) is 6.08. The summed E-state index contributed by atoms with van der Waals surface area (Å²) < 4.78 is 34.2. The maximum absolute atomic E-state index is 12.0. The molecule has 0 radical (unpaired) electrons. The Labute approximate surface area is 160 Å². The minimum Gasteiger partial charge on any atom is -0.379 e. The molecule has 0 fully saturated rings. The zero-order valence-corrected chi connectivity index (χ0v) is 18.3. The summed E-state index contributed by atoms with van der Waals surface area (Å²) in [6, 6.07) is 0. The number of phosphoric acid groups is 1. The fourth-order valence-electron chi connectivity index (χ4n) is 2.06. The van der Waals surface area contributed by atoms with Crippen molar-refractivity contribution in [1.82, 2.24) is 0 Å². The highest BCUT2D eigenvalue weighted by molar-refractivity contribution is 7.47. The van der Waals surface area contributed by atoms with E-state index in [1.165, 1.54) is 0 Å². The van der Waals surface area contributed by atoms with Gasteiger partial charge in [-0.3, -0.25) is 9.05 Å². The van der Waals surface area contributed by atoms with Gasteiger partial charge in [0.15, 0.2) is 0 Å². The topological polar surface area (TPSA) is 74.2 Å². The summed E-state index contributed by atoms with van der Waals surface area (Å²) in [5, 5.41) is 0. The summed E-state index contributed by atoms with van der Waals surface area (Å²) >= 11 is 0. The largest absolute Gasteiger partial charge is 0.472 e. The second-order valence-corrected chi connectivity index (χ2v) is 9.05. The number of quaternary nitrogens is 1. The van der Waals surface area contributed by atoms with E-state index in [0.717, 1.165) is 38.5 Å². The predicted octanol–water partition coefficient (Wildman–Crippen LogP) is 3.61. The third-order valence-electron chi connectivity index (χ3n) is 3.74. The van der Waals surface area contributed by atoms with Gasteiger partial charge >= 0.3 is 7.82 Å². The number of phosphoric ester groups is 1. The van der Waals surface area contributed by atoms with Gasteiger partial charge in [-0.1, -0.05) is 39.5 Å². The van der Waals surface area contributed by atoms with Gasteiger partial charge in [-0.25, -0.2) is 4.57 Å². The molecule has 0 aromatic rings. The number of rotatable bonds is 18. The quantitative estimate of drug-likeness (QED) is 0.216. The number of unbranched alkanes of at least 4 members (excludes halogenated alkanes) is 4. The van der Waals surface area contributed by atoms with Crippen LogP contribution in [0, 0.1) is 0 Å². The van der Waals surface area contributed by atoms with Crippen LogP contribution in [-0.4, -0.2) is 76.2 Å². The van der Waals surface area contributed by atoms with E-state index in [4.69, 9.17) is 18.5 Å². The third-order valence-corrected chi connectivity index (χ3v) is 4.72. The molecular formula is C18H41NO6P+. The van der Waals surface area contributed by atoms with Gasteiger partial charge in [0, 0.05) is 13.2 Å². The van der Waals surface area contributed by atoms with Crippen molar-refractivity contribution in [3.63, 3.8) is 0 Å². The van der Waals surface area contributed by atoms with Crippen molar-refractivity contribution in [3.05, 3.63) is 0 Å². The van der Waals surface area contributed by atoms with Crippen LogP contribution in [0.5, 0.6) is 0 Å². The Hall–Kier alpha value is -0.0100. The molecule has 0 aliphatic carbocycles. The second kappa shape index (κ2) is 15.0. The van der Waals surface area contributed by atoms with E-state index >= 15 is 0 Å². The Morgan fingerprint density at radius 1 is 0.885 bits per heavy atom. The van der Waals surface area contributed by atoms with Crippen molar-refractivity contribution in [2.45, 2.75) is 58.5 Å². The van der Waals surface area contributed by atoms with Crippen LogP contribution in [0.2, 0.25) is 0 Å². The lowest BCUT2D eigenvalue weighted by Crippen LogP contribution is -2.37. The van der Waals surface area contributed by atoms with Crippen LogP contribution in [0.25, 0.3) is 0 Å². The van der Waals surface area contributed by atoms with Gasteiger partial charge < -0.3 is 18.9 Å². The molecule has 0 saturated heterocycles. The molecule has 0 bridgehead atoms. The Morgan fingerprint density at radius 3 is 2.08 bits per heavy atom. The number of hydrogen-bond donors (Lipinski definition) is 1. The van der Waals surface area contributed by atoms with Gasteiger partial charge in [0.1, 0.15) is 19.3 Å². The molecule has 2 atom stereocenters. The van der Waals surface area contributed by atoms with Crippen LogP contribution < -0.4 is 0 Å². The molecule has 0 rings (SSSR count). The highest BCUT2D eigenvalue weighted by Crippen LogP contribution is 2.43. The first-order valence-corrected chi connectivity index (χ1v) is 11.3. The molecule has 0 aliphatic rings. The maximum atomic E-state index is 12.0. The van der Waals surface area contributed by atoms with Crippen molar-refractivity contribution < 1.29 is 32.5 Å². The lowest BCUT2D eigenvalue weighted by atomic mass is 10.2. The molecular weight excluding hydrogens is 357 g/mol. The average molecular weight is 399 g/mol. The molecule has 0 aromatic heterocycles. The second-order valence-electron chi connectivity index (χ2n) is 7.59. The van der Waals surface area contributed by atoms with E-state index in [9.17, 15) is 9.46 Å². The summed E-state index contributed by atoms with van der Waals surface area (Å²) in [5.41, 5.74) is 0. The summed E-state index contributed by atoms with van der Waals surface area (Å²) in [6.45, 7) is 6.65. The summed E-state index contributed by atoms with van der Waals surface area (Å²) in [4.78, 5) is 9.82. The highest BCUT2D eigenvalue weighted by Gasteiger charge is 2.25. The average Bonchev–Trinajstić information content (AvgIpc) is 2.54. The van der Waals surface area contributed by atoms with Gasteiger partial charge in [-0.05, 0) is 12.8 Å². The third kappa shape index (κ3) is 17.4. The van der Waals surface area contributed by atoms with Crippen LogP contribution in [0.3, 0.4) is 0 Å². The standard InChI is InChI=1S/C18H40NO6P/c1-6-8-10-13-22-16-18(23-14-11-9-7-2)17-25-26(20,21)24-15-12-19(3,4)5/h18H,6-17H2,1-5H3/p+1/t18-/m1/s1. The number of likely N-dealkylation sites (N-methyl/N-ethyl adjacent to an activating group) is 1. The van der Waals surface area contributed by atoms with E-state index in [1.54, 1.807) is 0 Å². The Bertz CT molecular complexity index is 375. The first-order chi connectivity index (χ1) is 12.2.